The number of likely N-dealkylation sites (tertiary alicyclic amines) is 1. The van der Waals surface area contributed by atoms with Crippen molar-refractivity contribution in [2.45, 2.75) is 51.5 Å². The van der Waals surface area contributed by atoms with Gasteiger partial charge in [-0.25, -0.2) is 9.97 Å². The van der Waals surface area contributed by atoms with Crippen molar-refractivity contribution in [2.24, 2.45) is 5.92 Å². The summed E-state index contributed by atoms with van der Waals surface area (Å²) in [4.78, 5) is 27.1. The van der Waals surface area contributed by atoms with Crippen molar-refractivity contribution in [3.63, 3.8) is 0 Å². The van der Waals surface area contributed by atoms with E-state index in [-0.39, 0.29) is 11.4 Å². The highest BCUT2D eigenvalue weighted by atomic mass is 16.2. The van der Waals surface area contributed by atoms with Crippen LogP contribution in [0.25, 0.3) is 11.2 Å². The highest BCUT2D eigenvalue weighted by Gasteiger charge is 2.52. The molecular weight excluding hydrogens is 276 g/mol. The summed E-state index contributed by atoms with van der Waals surface area (Å²) >= 11 is 0. The van der Waals surface area contributed by atoms with Crippen molar-refractivity contribution < 1.29 is 4.79 Å². The Kier molecular flexibility index (Phi) is 2.99. The van der Waals surface area contributed by atoms with Crippen LogP contribution in [0.5, 0.6) is 0 Å². The molecular formula is C17H22N4O. The van der Waals surface area contributed by atoms with Crippen LogP contribution in [0, 0.1) is 5.92 Å². The van der Waals surface area contributed by atoms with Crippen LogP contribution < -0.4 is 0 Å². The summed E-state index contributed by atoms with van der Waals surface area (Å²) in [6, 6.07) is 1.82. The van der Waals surface area contributed by atoms with E-state index in [4.69, 9.17) is 0 Å². The van der Waals surface area contributed by atoms with E-state index >= 15 is 0 Å². The topological polar surface area (TPSA) is 61.9 Å². The van der Waals surface area contributed by atoms with Crippen LogP contribution in [0.3, 0.4) is 0 Å². The molecule has 1 aliphatic carbocycles. The number of nitrogens with one attached hydrogen (secondary N) is 1. The van der Waals surface area contributed by atoms with Crippen LogP contribution in [0.2, 0.25) is 0 Å². The molecule has 2 aromatic heterocycles. The Balaban J connectivity index is 1.70. The van der Waals surface area contributed by atoms with Gasteiger partial charge in [-0.05, 0) is 31.7 Å². The molecule has 2 atom stereocenters. The van der Waals surface area contributed by atoms with E-state index in [2.05, 4.69) is 26.8 Å². The van der Waals surface area contributed by atoms with Gasteiger partial charge in [-0.3, -0.25) is 4.79 Å². The molecule has 3 heterocycles. The number of amides is 1. The Morgan fingerprint density at radius 1 is 1.50 bits per heavy atom. The number of aryl methyl sites for hydroxylation is 1. The number of carbonyl (C=O) groups is 1. The van der Waals surface area contributed by atoms with E-state index in [1.165, 1.54) is 19.3 Å². The lowest BCUT2D eigenvalue weighted by Gasteiger charge is -2.59. The Morgan fingerprint density at radius 3 is 3.14 bits per heavy atom. The summed E-state index contributed by atoms with van der Waals surface area (Å²) < 4.78 is 0. The Labute approximate surface area is 130 Å². The van der Waals surface area contributed by atoms with Crippen LogP contribution >= 0.6 is 0 Å². The lowest BCUT2D eigenvalue weighted by atomic mass is 9.66. The maximum atomic E-state index is 13.0. The molecule has 1 aliphatic heterocycles. The summed E-state index contributed by atoms with van der Waals surface area (Å²) in [7, 11) is 0. The zero-order chi connectivity index (χ0) is 15.3. The number of imidazole rings is 1. The third-order valence-electron chi connectivity index (χ3n) is 5.64. The molecule has 5 heteroatoms. The van der Waals surface area contributed by atoms with Gasteiger partial charge in [-0.15, -0.1) is 0 Å². The van der Waals surface area contributed by atoms with Crippen molar-refractivity contribution in [3.8, 4) is 0 Å². The molecule has 0 unspecified atom stereocenters. The molecule has 2 aromatic rings. The predicted molar refractivity (Wildman–Crippen MR) is 84.7 cm³/mol. The van der Waals surface area contributed by atoms with Gasteiger partial charge in [0, 0.05) is 24.7 Å². The molecule has 0 radical (unpaired) electrons. The first kappa shape index (κ1) is 13.7. The molecule has 5 nitrogen and oxygen atoms in total. The van der Waals surface area contributed by atoms with E-state index in [0.29, 0.717) is 17.1 Å². The van der Waals surface area contributed by atoms with Gasteiger partial charge >= 0.3 is 0 Å². The van der Waals surface area contributed by atoms with Crippen LogP contribution in [0.15, 0.2) is 12.3 Å². The molecule has 116 valence electrons. The second-order valence-corrected chi connectivity index (χ2v) is 6.81. The average Bonchev–Trinajstić information content (AvgIpc) is 2.94. The first-order valence-corrected chi connectivity index (χ1v) is 8.29. The minimum atomic E-state index is 0.0541. The van der Waals surface area contributed by atoms with E-state index in [9.17, 15) is 4.79 Å². The third kappa shape index (κ3) is 1.81. The summed E-state index contributed by atoms with van der Waals surface area (Å²) in [5, 5.41) is 0. The third-order valence-corrected chi connectivity index (χ3v) is 5.64. The van der Waals surface area contributed by atoms with Crippen LogP contribution in [0.1, 0.15) is 55.7 Å². The number of hydrogen-bond donors (Lipinski definition) is 1. The number of aromatic amines is 1. The minimum absolute atomic E-state index is 0.0541. The maximum absolute atomic E-state index is 13.0. The van der Waals surface area contributed by atoms with Crippen LogP contribution in [0.4, 0.5) is 0 Å². The smallest absolute Gasteiger partial charge is 0.256 e. The van der Waals surface area contributed by atoms with Crippen molar-refractivity contribution in [1.82, 2.24) is 19.9 Å². The van der Waals surface area contributed by atoms with E-state index in [0.717, 1.165) is 30.7 Å². The van der Waals surface area contributed by atoms with Crippen molar-refractivity contribution in [3.05, 3.63) is 23.7 Å². The maximum Gasteiger partial charge on any atom is 0.256 e. The molecule has 2 fully saturated rings. The highest BCUT2D eigenvalue weighted by Crippen LogP contribution is 2.47. The number of pyridine rings is 1. The Morgan fingerprint density at radius 2 is 2.36 bits per heavy atom. The zero-order valence-electron chi connectivity index (χ0n) is 13.2. The molecule has 4 rings (SSSR count). The number of hydrogen-bond acceptors (Lipinski definition) is 3. The van der Waals surface area contributed by atoms with Gasteiger partial charge in [-0.2, -0.15) is 0 Å². The Hall–Kier alpha value is -1.91. The molecule has 1 amide bonds. The molecule has 0 spiro atoms. The number of H-pyrrole nitrogens is 1. The van der Waals surface area contributed by atoms with E-state index in [1.54, 1.807) is 6.20 Å². The lowest BCUT2D eigenvalue weighted by Crippen LogP contribution is -2.68. The zero-order valence-corrected chi connectivity index (χ0v) is 13.2. The molecule has 0 aromatic carbocycles. The number of nitrogens with zero attached hydrogens (tertiary/aromatic N) is 3. The number of fused-ring (bicyclic) bond motifs is 2. The fourth-order valence-electron chi connectivity index (χ4n) is 4.11. The minimum Gasteiger partial charge on any atom is -0.340 e. The average molecular weight is 298 g/mol. The SMILES string of the molecule is CCc1nc2nccc(C(=O)N3C[C@@H]4CCCC[C@@]43C)c2[nH]1. The molecule has 1 N–H and O–H groups in total. The number of rotatable bonds is 2. The summed E-state index contributed by atoms with van der Waals surface area (Å²) in [6.07, 6.45) is 7.43. The monoisotopic (exact) mass is 298 g/mol. The fraction of sp³-hybridized carbons (Fsp3) is 0.588. The lowest BCUT2D eigenvalue weighted by molar-refractivity contribution is -0.0691. The standard InChI is InChI=1S/C17H22N4O/c1-3-13-19-14-12(7-9-18-15(14)20-13)16(22)21-10-11-6-4-5-8-17(11,21)2/h7,9,11H,3-6,8,10H2,1-2H3,(H,18,19,20)/t11-,17-/m0/s1. The van der Waals surface area contributed by atoms with Crippen molar-refractivity contribution in [1.29, 1.82) is 0 Å². The molecule has 22 heavy (non-hydrogen) atoms. The second-order valence-electron chi connectivity index (χ2n) is 6.81. The summed E-state index contributed by atoms with van der Waals surface area (Å²) in [5.41, 5.74) is 2.20. The number of carbonyl (C=O) groups excluding carboxylic acids is 1. The molecule has 1 saturated heterocycles. The van der Waals surface area contributed by atoms with Crippen LogP contribution in [-0.4, -0.2) is 37.8 Å². The quantitative estimate of drug-likeness (QED) is 0.927. The van der Waals surface area contributed by atoms with Crippen molar-refractivity contribution >= 4 is 17.1 Å². The predicted octanol–water partition coefficient (Wildman–Crippen LogP) is 2.93. The second kappa shape index (κ2) is 4.80. The molecule has 1 saturated carbocycles. The summed E-state index contributed by atoms with van der Waals surface area (Å²) in [5.74, 6) is 1.68. The van der Waals surface area contributed by atoms with E-state index < -0.39 is 0 Å². The van der Waals surface area contributed by atoms with Gasteiger partial charge in [0.25, 0.3) is 5.91 Å². The van der Waals surface area contributed by atoms with Gasteiger partial charge in [0.1, 0.15) is 5.82 Å². The normalized spacial score (nSPS) is 27.5. The van der Waals surface area contributed by atoms with Crippen LogP contribution in [-0.2, 0) is 6.42 Å². The molecule has 0 bridgehead atoms. The van der Waals surface area contributed by atoms with Crippen molar-refractivity contribution in [2.75, 3.05) is 6.54 Å². The first-order valence-electron chi connectivity index (χ1n) is 8.29. The van der Waals surface area contributed by atoms with Gasteiger partial charge in [0.2, 0.25) is 0 Å². The highest BCUT2D eigenvalue weighted by molar-refractivity contribution is 6.04. The Bertz CT molecular complexity index is 737. The van der Waals surface area contributed by atoms with Gasteiger partial charge in [0.15, 0.2) is 5.65 Å². The largest absolute Gasteiger partial charge is 0.340 e. The van der Waals surface area contributed by atoms with Gasteiger partial charge in [0.05, 0.1) is 11.1 Å². The summed E-state index contributed by atoms with van der Waals surface area (Å²) in [6.45, 7) is 5.19. The van der Waals surface area contributed by atoms with Gasteiger partial charge in [-0.1, -0.05) is 19.8 Å². The molecule has 2 aliphatic rings. The van der Waals surface area contributed by atoms with Gasteiger partial charge < -0.3 is 9.88 Å². The number of aromatic nitrogens is 3. The first-order chi connectivity index (χ1) is 10.6. The fourth-order valence-corrected chi connectivity index (χ4v) is 4.11. The van der Waals surface area contributed by atoms with E-state index in [1.807, 2.05) is 13.0 Å².